The molecule has 0 saturated heterocycles. The number of fused-ring (bicyclic) bond motifs is 1. The first-order valence-corrected chi connectivity index (χ1v) is 8.48. The van der Waals surface area contributed by atoms with E-state index in [9.17, 15) is 0 Å². The maximum absolute atomic E-state index is 2.39. The summed E-state index contributed by atoms with van der Waals surface area (Å²) in [5, 5.41) is 0. The van der Waals surface area contributed by atoms with Crippen molar-refractivity contribution < 1.29 is 0 Å². The van der Waals surface area contributed by atoms with E-state index in [1.54, 1.807) is 0 Å². The Morgan fingerprint density at radius 3 is 1.74 bits per heavy atom. The Kier molecular flexibility index (Phi) is 3.53. The van der Waals surface area contributed by atoms with Crippen molar-refractivity contribution >= 4 is 0 Å². The average molecular weight is 298 g/mol. The SMILES string of the molecule is Cc1ccc(-c2ccc(-c3ccc4c(c3)CC(C)C4)cc2)cc1. The Morgan fingerprint density at radius 1 is 0.609 bits per heavy atom. The van der Waals surface area contributed by atoms with Gasteiger partial charge in [-0.25, -0.2) is 0 Å². The van der Waals surface area contributed by atoms with Crippen LogP contribution in [0.2, 0.25) is 0 Å². The van der Waals surface area contributed by atoms with Crippen molar-refractivity contribution in [3.63, 3.8) is 0 Å². The third-order valence-electron chi connectivity index (χ3n) is 4.95. The Morgan fingerprint density at radius 2 is 1.09 bits per heavy atom. The van der Waals surface area contributed by atoms with Crippen molar-refractivity contribution in [1.82, 2.24) is 0 Å². The highest BCUT2D eigenvalue weighted by Crippen LogP contribution is 2.31. The molecule has 0 aromatic heterocycles. The Balaban J connectivity index is 1.64. The molecule has 0 heteroatoms. The van der Waals surface area contributed by atoms with Gasteiger partial charge in [-0.2, -0.15) is 0 Å². The maximum atomic E-state index is 2.39. The lowest BCUT2D eigenvalue weighted by Gasteiger charge is -2.07. The zero-order valence-corrected chi connectivity index (χ0v) is 13.8. The summed E-state index contributed by atoms with van der Waals surface area (Å²) in [4.78, 5) is 0. The van der Waals surface area contributed by atoms with Crippen LogP contribution >= 0.6 is 0 Å². The zero-order valence-electron chi connectivity index (χ0n) is 13.8. The molecule has 0 nitrogen and oxygen atoms in total. The molecule has 0 fully saturated rings. The summed E-state index contributed by atoms with van der Waals surface area (Å²) in [5.41, 5.74) is 9.60. The molecule has 1 unspecified atom stereocenters. The van der Waals surface area contributed by atoms with Crippen LogP contribution in [0.5, 0.6) is 0 Å². The van der Waals surface area contributed by atoms with Gasteiger partial charge in [0.05, 0.1) is 0 Å². The summed E-state index contributed by atoms with van der Waals surface area (Å²) >= 11 is 0. The van der Waals surface area contributed by atoms with Gasteiger partial charge < -0.3 is 0 Å². The van der Waals surface area contributed by atoms with E-state index < -0.39 is 0 Å². The minimum absolute atomic E-state index is 0.796. The molecule has 1 aliphatic carbocycles. The van der Waals surface area contributed by atoms with Crippen LogP contribution in [-0.4, -0.2) is 0 Å². The first kappa shape index (κ1) is 14.3. The summed E-state index contributed by atoms with van der Waals surface area (Å²) in [6.45, 7) is 4.47. The van der Waals surface area contributed by atoms with Gasteiger partial charge in [0.1, 0.15) is 0 Å². The van der Waals surface area contributed by atoms with Gasteiger partial charge in [0, 0.05) is 0 Å². The number of rotatable bonds is 2. The molecular formula is C23H22. The number of hydrogen-bond acceptors (Lipinski definition) is 0. The molecule has 0 bridgehead atoms. The summed E-state index contributed by atoms with van der Waals surface area (Å²) in [6.07, 6.45) is 2.46. The predicted molar refractivity (Wildman–Crippen MR) is 98.6 cm³/mol. The van der Waals surface area contributed by atoms with Crippen LogP contribution in [0.3, 0.4) is 0 Å². The first-order chi connectivity index (χ1) is 11.2. The molecule has 114 valence electrons. The molecule has 4 rings (SSSR count). The van der Waals surface area contributed by atoms with E-state index in [0.29, 0.717) is 0 Å². The van der Waals surface area contributed by atoms with Gasteiger partial charge in [-0.3, -0.25) is 0 Å². The second-order valence-electron chi connectivity index (χ2n) is 6.94. The van der Waals surface area contributed by atoms with Crippen LogP contribution in [-0.2, 0) is 12.8 Å². The van der Waals surface area contributed by atoms with Crippen molar-refractivity contribution in [3.05, 3.63) is 83.4 Å². The maximum Gasteiger partial charge on any atom is -0.0181 e. The quantitative estimate of drug-likeness (QED) is 0.539. The predicted octanol–water partition coefficient (Wildman–Crippen LogP) is 6.06. The zero-order chi connectivity index (χ0) is 15.8. The molecule has 0 N–H and O–H groups in total. The molecule has 23 heavy (non-hydrogen) atoms. The molecule has 0 radical (unpaired) electrons. The number of aryl methyl sites for hydroxylation is 1. The van der Waals surface area contributed by atoms with Gasteiger partial charge in [-0.05, 0) is 59.1 Å². The summed E-state index contributed by atoms with van der Waals surface area (Å²) in [7, 11) is 0. The normalized spacial score (nSPS) is 16.3. The topological polar surface area (TPSA) is 0 Å². The van der Waals surface area contributed by atoms with Crippen LogP contribution in [0.1, 0.15) is 23.6 Å². The van der Waals surface area contributed by atoms with Gasteiger partial charge in [0.2, 0.25) is 0 Å². The Labute approximate surface area is 138 Å². The molecule has 1 atom stereocenters. The van der Waals surface area contributed by atoms with Crippen molar-refractivity contribution in [2.75, 3.05) is 0 Å². The molecule has 0 amide bonds. The highest BCUT2D eigenvalue weighted by Gasteiger charge is 2.17. The smallest absolute Gasteiger partial charge is 0.0181 e. The Bertz CT molecular complexity index is 823. The fraction of sp³-hybridized carbons (Fsp3) is 0.217. The highest BCUT2D eigenvalue weighted by atomic mass is 14.2. The Hall–Kier alpha value is -2.34. The molecule has 0 heterocycles. The van der Waals surface area contributed by atoms with Gasteiger partial charge in [-0.1, -0.05) is 79.2 Å². The van der Waals surface area contributed by atoms with Crippen molar-refractivity contribution in [2.45, 2.75) is 26.7 Å². The molecular weight excluding hydrogens is 276 g/mol. The van der Waals surface area contributed by atoms with Gasteiger partial charge in [0.15, 0.2) is 0 Å². The molecule has 3 aromatic carbocycles. The van der Waals surface area contributed by atoms with Crippen LogP contribution in [0.25, 0.3) is 22.3 Å². The van der Waals surface area contributed by atoms with Crippen molar-refractivity contribution in [3.8, 4) is 22.3 Å². The van der Waals surface area contributed by atoms with Crippen LogP contribution in [0.4, 0.5) is 0 Å². The lowest BCUT2D eigenvalue weighted by molar-refractivity contribution is 0.628. The molecule has 3 aromatic rings. The van der Waals surface area contributed by atoms with Crippen LogP contribution in [0.15, 0.2) is 66.7 Å². The van der Waals surface area contributed by atoms with Crippen LogP contribution < -0.4 is 0 Å². The lowest BCUT2D eigenvalue weighted by Crippen LogP contribution is -1.89. The van der Waals surface area contributed by atoms with E-state index in [1.807, 2.05) is 0 Å². The molecule has 0 spiro atoms. The van der Waals surface area contributed by atoms with Gasteiger partial charge in [-0.15, -0.1) is 0 Å². The summed E-state index contributed by atoms with van der Waals surface area (Å²) in [5.74, 6) is 0.796. The highest BCUT2D eigenvalue weighted by molar-refractivity contribution is 5.71. The van der Waals surface area contributed by atoms with E-state index in [4.69, 9.17) is 0 Å². The van der Waals surface area contributed by atoms with E-state index >= 15 is 0 Å². The fourth-order valence-electron chi connectivity index (χ4n) is 3.62. The third kappa shape index (κ3) is 2.82. The van der Waals surface area contributed by atoms with Crippen LogP contribution in [0, 0.1) is 12.8 Å². The second-order valence-corrected chi connectivity index (χ2v) is 6.94. The van der Waals surface area contributed by atoms with Gasteiger partial charge in [0.25, 0.3) is 0 Å². The molecule has 1 aliphatic rings. The van der Waals surface area contributed by atoms with Crippen molar-refractivity contribution in [2.24, 2.45) is 5.92 Å². The first-order valence-electron chi connectivity index (χ1n) is 8.48. The van der Waals surface area contributed by atoms with E-state index in [-0.39, 0.29) is 0 Å². The molecule has 0 aliphatic heterocycles. The second kappa shape index (κ2) is 5.70. The minimum Gasteiger partial charge on any atom is -0.0619 e. The monoisotopic (exact) mass is 298 g/mol. The lowest BCUT2D eigenvalue weighted by atomic mass is 9.97. The van der Waals surface area contributed by atoms with Gasteiger partial charge >= 0.3 is 0 Å². The van der Waals surface area contributed by atoms with Crippen molar-refractivity contribution in [1.29, 1.82) is 0 Å². The average Bonchev–Trinajstić information content (AvgIpc) is 2.95. The third-order valence-corrected chi connectivity index (χ3v) is 4.95. The summed E-state index contributed by atoms with van der Waals surface area (Å²) < 4.78 is 0. The fourth-order valence-corrected chi connectivity index (χ4v) is 3.62. The molecule has 0 saturated carbocycles. The van der Waals surface area contributed by atoms with E-state index in [2.05, 4.69) is 80.6 Å². The van der Waals surface area contributed by atoms with E-state index in [0.717, 1.165) is 5.92 Å². The largest absolute Gasteiger partial charge is 0.0619 e. The van der Waals surface area contributed by atoms with E-state index in [1.165, 1.54) is 51.8 Å². The standard InChI is InChI=1S/C23H22/c1-16-3-5-18(6-4-16)19-7-9-20(10-8-19)22-12-11-21-13-17(2)14-23(21)15-22/h3-12,15,17H,13-14H2,1-2H3. The number of benzene rings is 3. The minimum atomic E-state index is 0.796. The summed E-state index contributed by atoms with van der Waals surface area (Å²) in [6, 6.07) is 24.7. The number of hydrogen-bond donors (Lipinski definition) is 0.